The molecule has 0 aromatic carbocycles. The Labute approximate surface area is 104 Å². The molecule has 0 bridgehead atoms. The summed E-state index contributed by atoms with van der Waals surface area (Å²) in [6.07, 6.45) is 3.75. The molecule has 2 unspecified atom stereocenters. The van der Waals surface area contributed by atoms with Gasteiger partial charge in [0, 0.05) is 24.3 Å². The minimum atomic E-state index is 0.593. The van der Waals surface area contributed by atoms with Gasteiger partial charge in [-0.15, -0.1) is 0 Å². The summed E-state index contributed by atoms with van der Waals surface area (Å²) < 4.78 is 0. The van der Waals surface area contributed by atoms with Crippen molar-refractivity contribution in [3.05, 3.63) is 23.4 Å². The van der Waals surface area contributed by atoms with Crippen LogP contribution in [0.3, 0.4) is 0 Å². The van der Waals surface area contributed by atoms with Gasteiger partial charge in [0.25, 0.3) is 0 Å². The van der Waals surface area contributed by atoms with Crippen LogP contribution in [0.1, 0.15) is 44.4 Å². The first-order chi connectivity index (χ1) is 8.15. The van der Waals surface area contributed by atoms with E-state index in [1.54, 1.807) is 0 Å². The number of hydrogen-bond donors (Lipinski definition) is 1. The van der Waals surface area contributed by atoms with Crippen LogP contribution in [0, 0.1) is 6.92 Å². The van der Waals surface area contributed by atoms with Crippen molar-refractivity contribution in [2.45, 2.75) is 58.7 Å². The molecule has 0 saturated carbocycles. The van der Waals surface area contributed by atoms with E-state index in [-0.39, 0.29) is 0 Å². The predicted molar refractivity (Wildman–Crippen MR) is 72.1 cm³/mol. The number of rotatable bonds is 3. The average Bonchev–Trinajstić information content (AvgIpc) is 2.69. The second-order valence-corrected chi connectivity index (χ2v) is 5.07. The van der Waals surface area contributed by atoms with Crippen LogP contribution in [0.15, 0.2) is 12.1 Å². The van der Waals surface area contributed by atoms with Crippen LogP contribution in [0.5, 0.6) is 0 Å². The standard InChI is InChI=1S/C14H23N3/c1-4-13-6-5-11(3)17(13)14-8-12(9-15)7-10(2)16-14/h7-8,11,13H,4-6,9,15H2,1-3H3. The maximum absolute atomic E-state index is 5.74. The molecular formula is C14H23N3. The SMILES string of the molecule is CCC1CCC(C)N1c1cc(CN)cc(C)n1. The molecule has 1 fully saturated rings. The van der Waals surface area contributed by atoms with Gasteiger partial charge in [-0.2, -0.15) is 0 Å². The van der Waals surface area contributed by atoms with Crippen molar-refractivity contribution < 1.29 is 0 Å². The number of aromatic nitrogens is 1. The topological polar surface area (TPSA) is 42.1 Å². The highest BCUT2D eigenvalue weighted by Gasteiger charge is 2.30. The second-order valence-electron chi connectivity index (χ2n) is 5.07. The highest BCUT2D eigenvalue weighted by atomic mass is 15.3. The molecular weight excluding hydrogens is 210 g/mol. The first kappa shape index (κ1) is 12.4. The Hall–Kier alpha value is -1.09. The molecule has 2 heterocycles. The van der Waals surface area contributed by atoms with Crippen LogP contribution in [0.25, 0.3) is 0 Å². The van der Waals surface area contributed by atoms with Gasteiger partial charge < -0.3 is 10.6 Å². The fraction of sp³-hybridized carbons (Fsp3) is 0.643. The van der Waals surface area contributed by atoms with Crippen LogP contribution >= 0.6 is 0 Å². The first-order valence-electron chi connectivity index (χ1n) is 6.61. The summed E-state index contributed by atoms with van der Waals surface area (Å²) in [7, 11) is 0. The number of pyridine rings is 1. The summed E-state index contributed by atoms with van der Waals surface area (Å²) in [4.78, 5) is 7.16. The zero-order chi connectivity index (χ0) is 12.4. The third-order valence-corrected chi connectivity index (χ3v) is 3.76. The molecule has 2 atom stereocenters. The van der Waals surface area contributed by atoms with E-state index in [1.807, 2.05) is 6.92 Å². The molecule has 2 rings (SSSR count). The van der Waals surface area contributed by atoms with Crippen LogP contribution in [0.4, 0.5) is 5.82 Å². The summed E-state index contributed by atoms with van der Waals surface area (Å²) in [5.41, 5.74) is 7.99. The predicted octanol–water partition coefficient (Wildman–Crippen LogP) is 2.62. The van der Waals surface area contributed by atoms with Gasteiger partial charge in [0.2, 0.25) is 0 Å². The van der Waals surface area contributed by atoms with Crippen molar-refractivity contribution in [2.24, 2.45) is 5.73 Å². The molecule has 3 heteroatoms. The lowest BCUT2D eigenvalue weighted by molar-refractivity contribution is 0.620. The number of hydrogen-bond acceptors (Lipinski definition) is 3. The highest BCUT2D eigenvalue weighted by Crippen LogP contribution is 2.31. The Morgan fingerprint density at radius 2 is 2.18 bits per heavy atom. The van der Waals surface area contributed by atoms with E-state index in [2.05, 4.69) is 35.9 Å². The van der Waals surface area contributed by atoms with Crippen molar-refractivity contribution in [1.29, 1.82) is 0 Å². The number of nitrogens with zero attached hydrogens (tertiary/aromatic N) is 2. The summed E-state index contributed by atoms with van der Waals surface area (Å²) in [6, 6.07) is 5.47. The van der Waals surface area contributed by atoms with Crippen LogP contribution < -0.4 is 10.6 Å². The summed E-state index contributed by atoms with van der Waals surface area (Å²) in [5, 5.41) is 0. The lowest BCUT2D eigenvalue weighted by Gasteiger charge is -2.29. The van der Waals surface area contributed by atoms with Gasteiger partial charge in [0.15, 0.2) is 0 Å². The van der Waals surface area contributed by atoms with Gasteiger partial charge in [0.05, 0.1) is 0 Å². The van der Waals surface area contributed by atoms with Gasteiger partial charge in [0.1, 0.15) is 5.82 Å². The Kier molecular flexibility index (Phi) is 3.67. The number of anilines is 1. The van der Waals surface area contributed by atoms with Gasteiger partial charge >= 0.3 is 0 Å². The molecule has 1 aliphatic rings. The van der Waals surface area contributed by atoms with E-state index in [9.17, 15) is 0 Å². The minimum absolute atomic E-state index is 0.593. The van der Waals surface area contributed by atoms with Gasteiger partial charge in [-0.3, -0.25) is 0 Å². The van der Waals surface area contributed by atoms with Crippen LogP contribution in [0.2, 0.25) is 0 Å². The molecule has 1 aromatic heterocycles. The maximum Gasteiger partial charge on any atom is 0.129 e. The molecule has 1 aliphatic heterocycles. The Bertz CT molecular complexity index is 389. The van der Waals surface area contributed by atoms with Gasteiger partial charge in [-0.05, 0) is 50.8 Å². The van der Waals surface area contributed by atoms with Crippen molar-refractivity contribution in [3.63, 3.8) is 0 Å². The highest BCUT2D eigenvalue weighted by molar-refractivity contribution is 5.46. The molecule has 2 N–H and O–H groups in total. The molecule has 0 spiro atoms. The molecule has 1 saturated heterocycles. The van der Waals surface area contributed by atoms with E-state index in [0.29, 0.717) is 18.6 Å². The molecule has 0 aliphatic carbocycles. The maximum atomic E-state index is 5.74. The third kappa shape index (κ3) is 2.44. The molecule has 17 heavy (non-hydrogen) atoms. The first-order valence-corrected chi connectivity index (χ1v) is 6.61. The molecule has 94 valence electrons. The largest absolute Gasteiger partial charge is 0.351 e. The Morgan fingerprint density at radius 1 is 1.41 bits per heavy atom. The lowest BCUT2D eigenvalue weighted by atomic mass is 10.1. The minimum Gasteiger partial charge on any atom is -0.351 e. The fourth-order valence-electron chi connectivity index (χ4n) is 2.86. The van der Waals surface area contributed by atoms with E-state index >= 15 is 0 Å². The van der Waals surface area contributed by atoms with E-state index in [1.165, 1.54) is 24.8 Å². The van der Waals surface area contributed by atoms with E-state index in [0.717, 1.165) is 11.5 Å². The van der Waals surface area contributed by atoms with Crippen LogP contribution in [-0.4, -0.2) is 17.1 Å². The smallest absolute Gasteiger partial charge is 0.129 e. The zero-order valence-corrected chi connectivity index (χ0v) is 11.1. The zero-order valence-electron chi connectivity index (χ0n) is 11.1. The number of nitrogens with two attached hydrogens (primary N) is 1. The molecule has 3 nitrogen and oxygen atoms in total. The van der Waals surface area contributed by atoms with Crippen molar-refractivity contribution in [2.75, 3.05) is 4.90 Å². The second kappa shape index (κ2) is 5.05. The van der Waals surface area contributed by atoms with E-state index < -0.39 is 0 Å². The van der Waals surface area contributed by atoms with Crippen molar-refractivity contribution >= 4 is 5.82 Å². The van der Waals surface area contributed by atoms with Gasteiger partial charge in [-0.25, -0.2) is 4.98 Å². The molecule has 0 amide bonds. The summed E-state index contributed by atoms with van der Waals surface area (Å²) >= 11 is 0. The molecule has 1 aromatic rings. The lowest BCUT2D eigenvalue weighted by Crippen LogP contribution is -2.35. The van der Waals surface area contributed by atoms with Crippen molar-refractivity contribution in [1.82, 2.24) is 4.98 Å². The van der Waals surface area contributed by atoms with E-state index in [4.69, 9.17) is 5.73 Å². The quantitative estimate of drug-likeness (QED) is 0.872. The summed E-state index contributed by atoms with van der Waals surface area (Å²) in [6.45, 7) is 7.19. The normalized spacial score (nSPS) is 24.4. The Balaban J connectivity index is 2.34. The third-order valence-electron chi connectivity index (χ3n) is 3.76. The van der Waals surface area contributed by atoms with Gasteiger partial charge in [-0.1, -0.05) is 6.92 Å². The van der Waals surface area contributed by atoms with Crippen molar-refractivity contribution in [3.8, 4) is 0 Å². The van der Waals surface area contributed by atoms with Crippen LogP contribution in [-0.2, 0) is 6.54 Å². The summed E-state index contributed by atoms with van der Waals surface area (Å²) in [5.74, 6) is 1.11. The Morgan fingerprint density at radius 3 is 2.82 bits per heavy atom. The molecule has 0 radical (unpaired) electrons. The number of aryl methyl sites for hydroxylation is 1. The fourth-order valence-corrected chi connectivity index (χ4v) is 2.86. The average molecular weight is 233 g/mol. The monoisotopic (exact) mass is 233 g/mol.